The van der Waals surface area contributed by atoms with Crippen LogP contribution in [0.1, 0.15) is 102 Å². The summed E-state index contributed by atoms with van der Waals surface area (Å²) < 4.78 is 115. The van der Waals surface area contributed by atoms with Crippen LogP contribution >= 0.6 is 59.3 Å². The van der Waals surface area contributed by atoms with Crippen molar-refractivity contribution in [2.75, 3.05) is 108 Å². The molecule has 0 aromatic carbocycles. The van der Waals surface area contributed by atoms with Crippen LogP contribution in [0.4, 0.5) is 0 Å². The highest BCUT2D eigenvalue weighted by atomic mass is 32.2. The van der Waals surface area contributed by atoms with Gasteiger partial charge in [-0.25, -0.2) is 0 Å². The molecule has 20 atom stereocenters. The molecule has 4 heterocycles. The number of aliphatic hydroxyl groups is 3. The minimum atomic E-state index is -1.52. The number of hydrogen-bond acceptors (Lipinski definition) is 40. The van der Waals surface area contributed by atoms with Gasteiger partial charge in [0, 0.05) is 135 Å². The van der Waals surface area contributed by atoms with E-state index in [-0.39, 0.29) is 100 Å². The van der Waals surface area contributed by atoms with Gasteiger partial charge in [0.1, 0.15) is 72.8 Å². The Kier molecular flexibility index (Phi) is 42.9. The molecule has 616 valence electrons. The first-order valence-corrected chi connectivity index (χ1v) is 39.1. The third kappa shape index (κ3) is 33.7. The van der Waals surface area contributed by atoms with E-state index in [0.717, 1.165) is 118 Å². The summed E-state index contributed by atoms with van der Waals surface area (Å²) >= 11 is 10.6. The maximum absolute atomic E-state index is 12.6. The Morgan fingerprint density at radius 3 is 0.981 bits per heavy atom. The monoisotopic (exact) mass is 1640 g/mol. The first-order valence-electron chi connectivity index (χ1n) is 34.4. The summed E-state index contributed by atoms with van der Waals surface area (Å²) in [6.07, 6.45) is -21.5. The average Bonchev–Trinajstić information content (AvgIpc) is 0.802. The zero-order valence-corrected chi connectivity index (χ0v) is 66.5. The zero-order chi connectivity index (χ0) is 80.4. The summed E-state index contributed by atoms with van der Waals surface area (Å²) in [7, 11) is 1.29. The molecule has 0 amide bonds. The second-order valence-electron chi connectivity index (χ2n) is 25.0. The molecule has 0 aromatic rings. The molecule has 0 bridgehead atoms. The lowest BCUT2D eigenvalue weighted by molar-refractivity contribution is -0.284. The third-order valence-electron chi connectivity index (χ3n) is 15.6. The van der Waals surface area contributed by atoms with Crippen molar-refractivity contribution >= 4 is 136 Å². The van der Waals surface area contributed by atoms with Gasteiger partial charge in [-0.05, 0) is 48.7 Å². The fourth-order valence-corrected chi connectivity index (χ4v) is 15.7. The molecule has 0 radical (unpaired) electrons. The number of aliphatic hydroxyl groups excluding tert-OH is 3. The standard InChI is InChI=1S/C66H102N2O35S5/c1-33(69)88-25-45-52(91-36(4)72)55(94-39(7)75)58(97-42(10)78)62(101-45)106-21-14-18-85-30-66(29-68-65(104)67-17-24-105-28-48-49(81)50(82)51(83)61(84-13)100-48,31-86-19-15-22-107-63-59(98-43(11)79)56(95-40(8)76)53(92-37(5)73)46(102-63)26-89-34(2)70)32-87-20-16-23-108-64-60(99-44(12)80)57(96-41(9)77)54(93-38(6)74)47(103-64)27-90-35(3)71/h45-64,81-83H,14-32H2,1-13H3,(H2,67,68,104)/t45-,46-,47-,48-,49-,50+,51-,52-,53-,54-,55+,56+,57+,58-,59+,60+,61+,62+,63-,64-/m1/s1. The van der Waals surface area contributed by atoms with Crippen LogP contribution in [0, 0.1) is 5.41 Å². The number of esters is 12. The maximum Gasteiger partial charge on any atom is 0.303 e. The van der Waals surface area contributed by atoms with Gasteiger partial charge in [0.05, 0.1) is 31.3 Å². The molecule has 4 fully saturated rings. The topological polar surface area (TPSA) is 474 Å². The lowest BCUT2D eigenvalue weighted by atomic mass is 9.90. The number of thioether (sulfide) groups is 4. The van der Waals surface area contributed by atoms with Crippen LogP contribution in [0.25, 0.3) is 0 Å². The fourth-order valence-electron chi connectivity index (χ4n) is 11.2. The van der Waals surface area contributed by atoms with Gasteiger partial charge in [0.2, 0.25) is 0 Å². The van der Waals surface area contributed by atoms with Crippen molar-refractivity contribution in [1.82, 2.24) is 10.6 Å². The largest absolute Gasteiger partial charge is 0.463 e. The van der Waals surface area contributed by atoms with E-state index in [1.807, 2.05) is 0 Å². The Morgan fingerprint density at radius 1 is 0.380 bits per heavy atom. The minimum absolute atomic E-state index is 0.00513. The van der Waals surface area contributed by atoms with Gasteiger partial charge in [-0.1, -0.05) is 0 Å². The number of carbonyl (C=O) groups is 12. The molecule has 0 unspecified atom stereocenters. The Morgan fingerprint density at radius 2 is 0.685 bits per heavy atom. The summed E-state index contributed by atoms with van der Waals surface area (Å²) in [5.74, 6) is -7.94. The number of thiocarbonyl (C=S) groups is 1. The molecular weight excluding hydrogens is 1540 g/mol. The quantitative estimate of drug-likeness (QED) is 0.0237. The minimum Gasteiger partial charge on any atom is -0.463 e. The molecule has 4 aliphatic heterocycles. The SMILES string of the molecule is CO[C@H]1O[C@H](CSCCNC(=S)NCC(COCCCS[C@H]2O[C@H](COC(C)=O)[C@@H](OC(C)=O)[C@H](OC(C)=O)[C@@H]2OC(C)=O)(COCCCS[C@H]2O[C@H](COC(C)=O)[C@@H](OC(C)=O)[C@H](OC(C)=O)[C@@H]2OC(C)=O)COCCCS[C@@H]2O[C@H](COC(C)=O)[C@@H](OC(C)=O)[C@H](OC(C)=O)[C@H]2OC(C)=O)[C@@H](O)[C@H](O)[C@H]1O. The van der Waals surface area contributed by atoms with E-state index >= 15 is 0 Å². The van der Waals surface area contributed by atoms with Crippen LogP contribution in [-0.4, -0.2) is 321 Å². The van der Waals surface area contributed by atoms with Gasteiger partial charge < -0.3 is 121 Å². The highest BCUT2D eigenvalue weighted by molar-refractivity contribution is 8.00. The van der Waals surface area contributed by atoms with Crippen molar-refractivity contribution in [3.8, 4) is 0 Å². The third-order valence-corrected chi connectivity index (χ3v) is 20.6. The van der Waals surface area contributed by atoms with Gasteiger partial charge in [-0.3, -0.25) is 57.5 Å². The van der Waals surface area contributed by atoms with E-state index in [2.05, 4.69) is 10.6 Å². The molecule has 108 heavy (non-hydrogen) atoms. The molecular formula is C66H102N2O35S5. The lowest BCUT2D eigenvalue weighted by Gasteiger charge is -2.44. The van der Waals surface area contributed by atoms with E-state index in [4.69, 9.17) is 107 Å². The maximum atomic E-state index is 12.6. The summed E-state index contributed by atoms with van der Waals surface area (Å²) in [6, 6.07) is 0. The average molecular weight is 1640 g/mol. The smallest absolute Gasteiger partial charge is 0.303 e. The van der Waals surface area contributed by atoms with Crippen LogP contribution in [-0.2, 0) is 152 Å². The van der Waals surface area contributed by atoms with Crippen molar-refractivity contribution in [3.05, 3.63) is 0 Å². The molecule has 0 aliphatic carbocycles. The van der Waals surface area contributed by atoms with Crippen molar-refractivity contribution < 1.29 is 168 Å². The Hall–Kier alpha value is -5.71. The fraction of sp³-hybridized carbons (Fsp3) is 0.803. The Balaban J connectivity index is 1.67. The Labute approximate surface area is 647 Å². The van der Waals surface area contributed by atoms with Gasteiger partial charge in [0.25, 0.3) is 0 Å². The van der Waals surface area contributed by atoms with Crippen LogP contribution in [0.15, 0.2) is 0 Å². The van der Waals surface area contributed by atoms with Gasteiger partial charge in [-0.15, -0.1) is 35.3 Å². The number of ether oxygens (including phenoxy) is 20. The number of nitrogens with one attached hydrogen (secondary N) is 2. The predicted molar refractivity (Wildman–Crippen MR) is 382 cm³/mol. The van der Waals surface area contributed by atoms with E-state index in [0.29, 0.717) is 5.75 Å². The normalized spacial score (nSPS) is 28.2. The summed E-state index contributed by atoms with van der Waals surface area (Å²) in [6.45, 7) is 12.3. The second-order valence-corrected chi connectivity index (χ2v) is 30.1. The number of hydrogen-bond donors (Lipinski definition) is 5. The number of rotatable bonds is 44. The van der Waals surface area contributed by atoms with Gasteiger partial charge in [-0.2, -0.15) is 11.8 Å². The van der Waals surface area contributed by atoms with E-state index in [9.17, 15) is 72.9 Å². The molecule has 0 spiro atoms. The van der Waals surface area contributed by atoms with Crippen molar-refractivity contribution in [1.29, 1.82) is 0 Å². The summed E-state index contributed by atoms with van der Waals surface area (Å²) in [4.78, 5) is 149. The highest BCUT2D eigenvalue weighted by Crippen LogP contribution is 2.39. The van der Waals surface area contributed by atoms with Crippen LogP contribution in [0.2, 0.25) is 0 Å². The lowest BCUT2D eigenvalue weighted by Crippen LogP contribution is -2.61. The van der Waals surface area contributed by atoms with Crippen LogP contribution in [0.5, 0.6) is 0 Å². The predicted octanol–water partition coefficient (Wildman–Crippen LogP) is 0.293. The number of methoxy groups -OCH3 is 1. The molecule has 0 aromatic heterocycles. The van der Waals surface area contributed by atoms with Gasteiger partial charge in [0.15, 0.2) is 66.3 Å². The summed E-state index contributed by atoms with van der Waals surface area (Å²) in [5, 5.41) is 37.9. The van der Waals surface area contributed by atoms with E-state index in [1.165, 1.54) is 18.9 Å². The highest BCUT2D eigenvalue weighted by Gasteiger charge is 2.56. The number of carbonyl (C=O) groups excluding carboxylic acids is 12. The van der Waals surface area contributed by atoms with Gasteiger partial charge >= 0.3 is 71.6 Å². The van der Waals surface area contributed by atoms with Crippen molar-refractivity contribution in [3.63, 3.8) is 0 Å². The summed E-state index contributed by atoms with van der Waals surface area (Å²) in [5.41, 5.74) is -4.41. The molecule has 42 heteroatoms. The molecule has 4 saturated heterocycles. The van der Waals surface area contributed by atoms with E-state index in [1.54, 1.807) is 0 Å². The zero-order valence-electron chi connectivity index (χ0n) is 62.4. The first-order chi connectivity index (χ1) is 51.0. The molecule has 4 rings (SSSR count). The van der Waals surface area contributed by atoms with Crippen LogP contribution < -0.4 is 10.6 Å². The van der Waals surface area contributed by atoms with Crippen LogP contribution in [0.3, 0.4) is 0 Å². The van der Waals surface area contributed by atoms with E-state index < -0.39 is 217 Å². The van der Waals surface area contributed by atoms with Crippen molar-refractivity contribution in [2.24, 2.45) is 5.41 Å². The Bertz CT molecular complexity index is 2690. The molecule has 5 N–H and O–H groups in total. The molecule has 0 saturated carbocycles. The molecule has 4 aliphatic rings. The van der Waals surface area contributed by atoms with Crippen molar-refractivity contribution in [2.45, 2.75) is 223 Å². The molecule has 37 nitrogen and oxygen atoms in total. The first kappa shape index (κ1) is 94.7. The second kappa shape index (κ2) is 48.9.